The summed E-state index contributed by atoms with van der Waals surface area (Å²) in [7, 11) is 0. The molecule has 1 aliphatic heterocycles. The van der Waals surface area contributed by atoms with Crippen LogP contribution in [0, 0.1) is 0 Å². The molecule has 0 amide bonds. The Hall–Kier alpha value is -1.88. The third kappa shape index (κ3) is 1.97. The van der Waals surface area contributed by atoms with E-state index in [-0.39, 0.29) is 6.61 Å². The number of nitrogens with zero attached hydrogens (tertiary/aromatic N) is 2. The Balaban J connectivity index is 2.34. The fourth-order valence-electron chi connectivity index (χ4n) is 1.29. The zero-order valence-electron chi connectivity index (χ0n) is 8.05. The lowest BCUT2D eigenvalue weighted by Gasteiger charge is -1.99. The van der Waals surface area contributed by atoms with Crippen LogP contribution in [0.5, 0.6) is 0 Å². The molecule has 5 heteroatoms. The van der Waals surface area contributed by atoms with Crippen LogP contribution in [0.4, 0.5) is 0 Å². The Morgan fingerprint density at radius 1 is 1.53 bits per heavy atom. The number of amidine groups is 1. The van der Waals surface area contributed by atoms with Gasteiger partial charge in [-0.15, -0.1) is 0 Å². The van der Waals surface area contributed by atoms with Gasteiger partial charge in [0.2, 0.25) is 0 Å². The smallest absolute Gasteiger partial charge is 0.170 e. The summed E-state index contributed by atoms with van der Waals surface area (Å²) >= 11 is 0. The second kappa shape index (κ2) is 4.10. The van der Waals surface area contributed by atoms with Crippen molar-refractivity contribution in [2.45, 2.75) is 13.0 Å². The number of aliphatic hydroxyl groups excluding tert-OH is 1. The zero-order chi connectivity index (χ0) is 10.7. The van der Waals surface area contributed by atoms with E-state index >= 15 is 0 Å². The van der Waals surface area contributed by atoms with Crippen LogP contribution in [-0.2, 0) is 6.61 Å². The first-order valence-electron chi connectivity index (χ1n) is 4.57. The molecule has 0 saturated heterocycles. The number of rotatable bonds is 2. The zero-order valence-corrected chi connectivity index (χ0v) is 8.05. The van der Waals surface area contributed by atoms with E-state index in [0.717, 1.165) is 6.42 Å². The van der Waals surface area contributed by atoms with Gasteiger partial charge in [-0.3, -0.25) is 0 Å². The van der Waals surface area contributed by atoms with Gasteiger partial charge in [0, 0.05) is 12.3 Å². The summed E-state index contributed by atoms with van der Waals surface area (Å²) in [6.45, 7) is -0.147. The molecule has 0 aromatic carbocycles. The van der Waals surface area contributed by atoms with Gasteiger partial charge in [0.05, 0.1) is 12.2 Å². The van der Waals surface area contributed by atoms with Crippen LogP contribution in [0.25, 0.3) is 5.57 Å². The molecular formula is C10H11N3O2. The number of hydrogen-bond acceptors (Lipinski definition) is 5. The van der Waals surface area contributed by atoms with Gasteiger partial charge in [0.15, 0.2) is 5.76 Å². The monoisotopic (exact) mass is 205 g/mol. The third-order valence-electron chi connectivity index (χ3n) is 2.04. The largest absolute Gasteiger partial charge is 0.390 e. The second-order valence-corrected chi connectivity index (χ2v) is 3.09. The number of aliphatic hydroxyl groups is 1. The molecule has 0 fully saturated rings. The first-order chi connectivity index (χ1) is 7.31. The van der Waals surface area contributed by atoms with Gasteiger partial charge >= 0.3 is 0 Å². The van der Waals surface area contributed by atoms with Crippen molar-refractivity contribution in [2.75, 3.05) is 0 Å². The molecule has 0 radical (unpaired) electrons. The molecular weight excluding hydrogens is 194 g/mol. The van der Waals surface area contributed by atoms with Crippen molar-refractivity contribution < 1.29 is 9.63 Å². The number of hydrogen-bond donors (Lipinski definition) is 2. The van der Waals surface area contributed by atoms with Crippen LogP contribution >= 0.6 is 0 Å². The van der Waals surface area contributed by atoms with E-state index < -0.39 is 0 Å². The summed E-state index contributed by atoms with van der Waals surface area (Å²) in [5.74, 6) is 0.924. The van der Waals surface area contributed by atoms with Crippen molar-refractivity contribution in [2.24, 2.45) is 10.7 Å². The molecule has 0 bridgehead atoms. The summed E-state index contributed by atoms with van der Waals surface area (Å²) in [6.07, 6.45) is 6.20. The summed E-state index contributed by atoms with van der Waals surface area (Å²) in [4.78, 5) is 4.01. The minimum Gasteiger partial charge on any atom is -0.390 e. The van der Waals surface area contributed by atoms with Crippen LogP contribution in [0.2, 0.25) is 0 Å². The van der Waals surface area contributed by atoms with Gasteiger partial charge in [-0.1, -0.05) is 17.3 Å². The van der Waals surface area contributed by atoms with Gasteiger partial charge in [0.1, 0.15) is 11.5 Å². The van der Waals surface area contributed by atoms with Crippen LogP contribution in [0.3, 0.4) is 0 Å². The summed E-state index contributed by atoms with van der Waals surface area (Å²) < 4.78 is 5.05. The maximum absolute atomic E-state index is 8.85. The summed E-state index contributed by atoms with van der Waals surface area (Å²) in [5.41, 5.74) is 6.94. The van der Waals surface area contributed by atoms with Crippen molar-refractivity contribution in [1.29, 1.82) is 0 Å². The number of aliphatic imine (C=N–C) groups is 1. The highest BCUT2D eigenvalue weighted by Gasteiger charge is 2.12. The standard InChI is InChI=1S/C10H11N3O2/c11-10-8(3-1-2-4-12-10)9-5-7(6-14)13-15-9/h2-5,14H,1,6H2,(H2,11,12). The molecule has 1 aromatic rings. The maximum Gasteiger partial charge on any atom is 0.170 e. The van der Waals surface area contributed by atoms with Gasteiger partial charge in [-0.05, 0) is 6.42 Å². The predicted octanol–water partition coefficient (Wildman–Crippen LogP) is 0.825. The molecule has 0 saturated carbocycles. The minimum atomic E-state index is -0.147. The van der Waals surface area contributed by atoms with Crippen molar-refractivity contribution in [3.63, 3.8) is 0 Å². The van der Waals surface area contributed by atoms with Gasteiger partial charge < -0.3 is 15.4 Å². The Morgan fingerprint density at radius 2 is 2.40 bits per heavy atom. The second-order valence-electron chi connectivity index (χ2n) is 3.09. The van der Waals surface area contributed by atoms with E-state index in [1.807, 2.05) is 12.2 Å². The van der Waals surface area contributed by atoms with E-state index in [9.17, 15) is 0 Å². The normalized spacial score (nSPS) is 15.8. The molecule has 15 heavy (non-hydrogen) atoms. The van der Waals surface area contributed by atoms with E-state index in [2.05, 4.69) is 10.1 Å². The molecule has 2 rings (SSSR count). The molecule has 0 atom stereocenters. The molecule has 78 valence electrons. The lowest BCUT2D eigenvalue weighted by molar-refractivity contribution is 0.266. The maximum atomic E-state index is 8.85. The number of allylic oxidation sites excluding steroid dienone is 2. The van der Waals surface area contributed by atoms with Crippen molar-refractivity contribution in [3.05, 3.63) is 35.9 Å². The summed E-state index contributed by atoms with van der Waals surface area (Å²) in [5, 5.41) is 12.5. The first-order valence-corrected chi connectivity index (χ1v) is 4.57. The highest BCUT2D eigenvalue weighted by Crippen LogP contribution is 2.18. The lowest BCUT2D eigenvalue weighted by Crippen LogP contribution is -2.12. The fraction of sp³-hybridized carbons (Fsp3) is 0.200. The molecule has 0 unspecified atom stereocenters. The van der Waals surface area contributed by atoms with E-state index in [1.54, 1.807) is 12.3 Å². The molecule has 0 spiro atoms. The fourth-order valence-corrected chi connectivity index (χ4v) is 1.29. The quantitative estimate of drug-likeness (QED) is 0.748. The van der Waals surface area contributed by atoms with Crippen molar-refractivity contribution >= 4 is 11.4 Å². The molecule has 1 aliphatic rings. The average molecular weight is 205 g/mol. The Morgan fingerprint density at radius 3 is 3.13 bits per heavy atom. The van der Waals surface area contributed by atoms with Crippen molar-refractivity contribution in [1.82, 2.24) is 5.16 Å². The van der Waals surface area contributed by atoms with Crippen LogP contribution in [0.1, 0.15) is 17.9 Å². The van der Waals surface area contributed by atoms with Crippen LogP contribution < -0.4 is 5.73 Å². The highest BCUT2D eigenvalue weighted by molar-refractivity contribution is 6.21. The molecule has 0 aliphatic carbocycles. The molecule has 5 nitrogen and oxygen atoms in total. The predicted molar refractivity (Wildman–Crippen MR) is 55.8 cm³/mol. The Kier molecular flexibility index (Phi) is 2.64. The molecule has 3 N–H and O–H groups in total. The number of nitrogens with two attached hydrogens (primary N) is 1. The molecule has 1 aromatic heterocycles. The SMILES string of the molecule is NC1=NC=CCC=C1c1cc(CO)no1. The van der Waals surface area contributed by atoms with Gasteiger partial charge in [-0.25, -0.2) is 4.99 Å². The van der Waals surface area contributed by atoms with Gasteiger partial charge in [0.25, 0.3) is 0 Å². The summed E-state index contributed by atoms with van der Waals surface area (Å²) in [6, 6.07) is 1.65. The Labute approximate surface area is 86.6 Å². The van der Waals surface area contributed by atoms with Gasteiger partial charge in [-0.2, -0.15) is 0 Å². The van der Waals surface area contributed by atoms with E-state index in [0.29, 0.717) is 22.9 Å². The Bertz CT molecular complexity index is 443. The average Bonchev–Trinajstić information content (AvgIpc) is 2.62. The number of aromatic nitrogens is 1. The van der Waals surface area contributed by atoms with E-state index in [1.165, 1.54) is 0 Å². The highest BCUT2D eigenvalue weighted by atomic mass is 16.5. The lowest BCUT2D eigenvalue weighted by atomic mass is 10.1. The molecule has 2 heterocycles. The third-order valence-corrected chi connectivity index (χ3v) is 2.04. The van der Waals surface area contributed by atoms with Crippen molar-refractivity contribution in [3.8, 4) is 0 Å². The van der Waals surface area contributed by atoms with Crippen LogP contribution in [0.15, 0.2) is 33.9 Å². The minimum absolute atomic E-state index is 0.147. The van der Waals surface area contributed by atoms with Crippen LogP contribution in [-0.4, -0.2) is 16.1 Å². The first kappa shape index (κ1) is 9.67. The van der Waals surface area contributed by atoms with E-state index in [4.69, 9.17) is 15.4 Å². The topological polar surface area (TPSA) is 84.6 Å².